The quantitative estimate of drug-likeness (QED) is 0.647. The van der Waals surface area contributed by atoms with Gasteiger partial charge in [-0.3, -0.25) is 4.79 Å². The molecule has 2 heterocycles. The zero-order chi connectivity index (χ0) is 19.7. The number of thiazole rings is 1. The fourth-order valence-corrected chi connectivity index (χ4v) is 5.21. The summed E-state index contributed by atoms with van der Waals surface area (Å²) >= 11 is 7.92. The second kappa shape index (κ2) is 8.10. The third-order valence-electron chi connectivity index (χ3n) is 5.29. The number of hydrogen-bond acceptors (Lipinski definition) is 4. The smallest absolute Gasteiger partial charge is 0.225 e. The van der Waals surface area contributed by atoms with Gasteiger partial charge in [0.2, 0.25) is 5.91 Å². The number of carbonyl (C=O) groups excluding carboxylic acids is 1. The second-order valence-corrected chi connectivity index (χ2v) is 8.94. The Bertz CT molecular complexity index is 1020. The highest BCUT2D eigenvalue weighted by atomic mass is 35.5. The number of rotatable bonds is 4. The van der Waals surface area contributed by atoms with Gasteiger partial charge in [0.25, 0.3) is 0 Å². The normalized spacial score (nSPS) is 17.1. The van der Waals surface area contributed by atoms with Crippen LogP contribution in [0.15, 0.2) is 36.4 Å². The van der Waals surface area contributed by atoms with Crippen molar-refractivity contribution in [1.82, 2.24) is 10.3 Å². The lowest BCUT2D eigenvalue weighted by molar-refractivity contribution is -0.125. The third-order valence-corrected chi connectivity index (χ3v) is 6.72. The summed E-state index contributed by atoms with van der Waals surface area (Å²) in [4.78, 5) is 19.9. The predicted molar refractivity (Wildman–Crippen MR) is 117 cm³/mol. The molecule has 3 aromatic rings. The number of fused-ring (bicyclic) bond motifs is 1. The lowest BCUT2D eigenvalue weighted by Crippen LogP contribution is -2.43. The summed E-state index contributed by atoms with van der Waals surface area (Å²) in [6, 6.07) is 12.0. The zero-order valence-corrected chi connectivity index (χ0v) is 17.7. The van der Waals surface area contributed by atoms with Gasteiger partial charge in [-0.1, -0.05) is 47.2 Å². The van der Waals surface area contributed by atoms with Gasteiger partial charge >= 0.3 is 0 Å². The number of benzene rings is 2. The van der Waals surface area contributed by atoms with Crippen LogP contribution in [0.4, 0.5) is 5.13 Å². The molecule has 0 aliphatic carbocycles. The molecule has 4 nitrogen and oxygen atoms in total. The molecular weight excluding hydrogens is 390 g/mol. The van der Waals surface area contributed by atoms with Crippen LogP contribution >= 0.6 is 22.9 Å². The van der Waals surface area contributed by atoms with Crippen LogP contribution in [0.1, 0.15) is 29.5 Å². The fraction of sp³-hybridized carbons (Fsp3) is 0.364. The number of carbonyl (C=O) groups is 1. The molecule has 0 saturated carbocycles. The Labute approximate surface area is 174 Å². The first-order chi connectivity index (χ1) is 13.5. The number of aryl methyl sites for hydroxylation is 2. The van der Waals surface area contributed by atoms with Crippen LogP contribution in [-0.2, 0) is 11.3 Å². The van der Waals surface area contributed by atoms with Crippen molar-refractivity contribution in [2.75, 3.05) is 18.0 Å². The minimum absolute atomic E-state index is 0.0221. The van der Waals surface area contributed by atoms with Crippen LogP contribution < -0.4 is 10.2 Å². The zero-order valence-electron chi connectivity index (χ0n) is 16.2. The number of hydrogen-bond donors (Lipinski definition) is 1. The number of halogens is 1. The number of nitrogens with zero attached hydrogens (tertiary/aromatic N) is 2. The van der Waals surface area contributed by atoms with E-state index < -0.39 is 0 Å². The molecule has 4 rings (SSSR count). The summed E-state index contributed by atoms with van der Waals surface area (Å²) in [5, 5.41) is 4.77. The second-order valence-electron chi connectivity index (χ2n) is 7.52. The summed E-state index contributed by atoms with van der Waals surface area (Å²) < 4.78 is 1.22. The maximum Gasteiger partial charge on any atom is 0.225 e. The van der Waals surface area contributed by atoms with Gasteiger partial charge in [0.05, 0.1) is 16.1 Å². The Morgan fingerprint density at radius 2 is 2.14 bits per heavy atom. The summed E-state index contributed by atoms with van der Waals surface area (Å²) in [6.45, 7) is 6.36. The van der Waals surface area contributed by atoms with E-state index in [1.165, 1.54) is 15.8 Å². The number of piperidine rings is 1. The van der Waals surface area contributed by atoms with Crippen molar-refractivity contribution in [2.45, 2.75) is 33.2 Å². The highest BCUT2D eigenvalue weighted by Gasteiger charge is 2.27. The Balaban J connectivity index is 1.45. The van der Waals surface area contributed by atoms with Gasteiger partial charge in [0, 0.05) is 24.7 Å². The molecule has 1 unspecified atom stereocenters. The molecule has 28 heavy (non-hydrogen) atoms. The number of aromatic nitrogens is 1. The van der Waals surface area contributed by atoms with Gasteiger partial charge in [-0.25, -0.2) is 4.98 Å². The molecule has 1 N–H and O–H groups in total. The van der Waals surface area contributed by atoms with E-state index in [9.17, 15) is 4.79 Å². The van der Waals surface area contributed by atoms with Crippen LogP contribution in [0, 0.1) is 19.8 Å². The number of nitrogens with one attached hydrogen (secondary N) is 1. The summed E-state index contributed by atoms with van der Waals surface area (Å²) in [6.07, 6.45) is 1.91. The average Bonchev–Trinajstić information content (AvgIpc) is 3.12. The van der Waals surface area contributed by atoms with E-state index in [1.54, 1.807) is 11.3 Å². The molecule has 0 radical (unpaired) electrons. The first kappa shape index (κ1) is 19.2. The van der Waals surface area contributed by atoms with Gasteiger partial charge in [-0.2, -0.15) is 0 Å². The molecule has 2 aromatic carbocycles. The molecule has 146 valence electrons. The van der Waals surface area contributed by atoms with Crippen LogP contribution in [-0.4, -0.2) is 24.0 Å². The highest BCUT2D eigenvalue weighted by molar-refractivity contribution is 7.22. The summed E-state index contributed by atoms with van der Waals surface area (Å²) in [5.74, 6) is 0.0730. The number of anilines is 1. The molecule has 1 aliphatic heterocycles. The first-order valence-electron chi connectivity index (χ1n) is 9.65. The SMILES string of the molecule is Cc1cc(C)c2nc(N3CCCC(C(=O)NCc4ccccc4Cl)C3)sc2c1. The standard InChI is InChI=1S/C22H24ClN3OS/c1-14-10-15(2)20-19(11-14)28-22(25-20)26-9-5-7-17(13-26)21(27)24-12-16-6-3-4-8-18(16)23/h3-4,6,8,10-11,17H,5,7,9,12-13H2,1-2H3,(H,24,27). The van der Waals surface area contributed by atoms with E-state index in [4.69, 9.17) is 16.6 Å². The van der Waals surface area contributed by atoms with E-state index >= 15 is 0 Å². The average molecular weight is 414 g/mol. The van der Waals surface area contributed by atoms with E-state index in [-0.39, 0.29) is 11.8 Å². The predicted octanol–water partition coefficient (Wildman–Crippen LogP) is 5.10. The van der Waals surface area contributed by atoms with Gasteiger partial charge in [-0.05, 0) is 55.5 Å². The van der Waals surface area contributed by atoms with Gasteiger partial charge < -0.3 is 10.2 Å². The molecule has 0 spiro atoms. The van der Waals surface area contributed by atoms with Gasteiger partial charge in [0.1, 0.15) is 0 Å². The van der Waals surface area contributed by atoms with Crippen LogP contribution in [0.2, 0.25) is 5.02 Å². The van der Waals surface area contributed by atoms with E-state index in [0.29, 0.717) is 18.1 Å². The minimum atomic E-state index is -0.0221. The largest absolute Gasteiger partial charge is 0.352 e. The van der Waals surface area contributed by atoms with Crippen molar-refractivity contribution in [1.29, 1.82) is 0 Å². The van der Waals surface area contributed by atoms with Crippen molar-refractivity contribution >= 4 is 44.2 Å². The van der Waals surface area contributed by atoms with Crippen molar-refractivity contribution in [3.05, 3.63) is 58.1 Å². The Morgan fingerprint density at radius 3 is 2.96 bits per heavy atom. The van der Waals surface area contributed by atoms with Gasteiger partial charge in [0.15, 0.2) is 5.13 Å². The summed E-state index contributed by atoms with van der Waals surface area (Å²) in [5.41, 5.74) is 4.50. The molecule has 1 aromatic heterocycles. The molecule has 1 amide bonds. The molecule has 6 heteroatoms. The summed E-state index contributed by atoms with van der Waals surface area (Å²) in [7, 11) is 0. The lowest BCUT2D eigenvalue weighted by Gasteiger charge is -2.31. The van der Waals surface area contributed by atoms with Crippen LogP contribution in [0.25, 0.3) is 10.2 Å². The molecule has 1 fully saturated rings. The molecule has 1 saturated heterocycles. The molecule has 1 atom stereocenters. The minimum Gasteiger partial charge on any atom is -0.352 e. The molecule has 1 aliphatic rings. The Morgan fingerprint density at radius 1 is 1.32 bits per heavy atom. The van der Waals surface area contributed by atoms with Crippen molar-refractivity contribution in [2.24, 2.45) is 5.92 Å². The number of amides is 1. The van der Waals surface area contributed by atoms with E-state index in [2.05, 4.69) is 36.2 Å². The Kier molecular flexibility index (Phi) is 5.56. The van der Waals surface area contributed by atoms with Crippen molar-refractivity contribution in [3.63, 3.8) is 0 Å². The molecule has 0 bridgehead atoms. The van der Waals surface area contributed by atoms with Crippen LogP contribution in [0.3, 0.4) is 0 Å². The topological polar surface area (TPSA) is 45.2 Å². The van der Waals surface area contributed by atoms with Crippen LogP contribution in [0.5, 0.6) is 0 Å². The first-order valence-corrected chi connectivity index (χ1v) is 10.8. The Hall–Kier alpha value is -2.11. The monoisotopic (exact) mass is 413 g/mol. The van der Waals surface area contributed by atoms with Crippen molar-refractivity contribution in [3.8, 4) is 0 Å². The maximum absolute atomic E-state index is 12.7. The highest BCUT2D eigenvalue weighted by Crippen LogP contribution is 2.33. The molecular formula is C22H24ClN3OS. The maximum atomic E-state index is 12.7. The lowest BCUT2D eigenvalue weighted by atomic mass is 9.97. The third kappa shape index (κ3) is 4.01. The fourth-order valence-electron chi connectivity index (χ4n) is 3.83. The van der Waals surface area contributed by atoms with E-state index in [1.807, 2.05) is 24.3 Å². The van der Waals surface area contributed by atoms with Crippen molar-refractivity contribution < 1.29 is 4.79 Å². The van der Waals surface area contributed by atoms with Gasteiger partial charge in [-0.15, -0.1) is 0 Å². The van der Waals surface area contributed by atoms with E-state index in [0.717, 1.165) is 35.6 Å².